The third-order valence-corrected chi connectivity index (χ3v) is 4.08. The van der Waals surface area contributed by atoms with Crippen LogP contribution in [0.3, 0.4) is 0 Å². The Balaban J connectivity index is 2.23. The van der Waals surface area contributed by atoms with Gasteiger partial charge in [0.25, 0.3) is 5.91 Å². The zero-order chi connectivity index (χ0) is 16.7. The lowest BCUT2D eigenvalue weighted by Crippen LogP contribution is -2.18. The molecule has 0 saturated carbocycles. The van der Waals surface area contributed by atoms with Gasteiger partial charge in [-0.1, -0.05) is 30.3 Å². The van der Waals surface area contributed by atoms with Gasteiger partial charge in [0.15, 0.2) is 0 Å². The van der Waals surface area contributed by atoms with E-state index in [0.29, 0.717) is 17.0 Å². The van der Waals surface area contributed by atoms with Gasteiger partial charge in [-0.25, -0.2) is 4.79 Å². The van der Waals surface area contributed by atoms with Crippen molar-refractivity contribution in [3.8, 4) is 0 Å². The molecule has 0 radical (unpaired) electrons. The van der Waals surface area contributed by atoms with Gasteiger partial charge in [0.05, 0.1) is 12.2 Å². The van der Waals surface area contributed by atoms with E-state index in [-0.39, 0.29) is 19.1 Å². The number of carbonyl (C=O) groups is 2. The van der Waals surface area contributed by atoms with E-state index in [4.69, 9.17) is 9.47 Å². The van der Waals surface area contributed by atoms with Crippen LogP contribution in [0, 0.1) is 0 Å². The lowest BCUT2D eigenvalue weighted by Gasteiger charge is -2.05. The Hall–Kier alpha value is -2.18. The van der Waals surface area contributed by atoms with Gasteiger partial charge in [0.2, 0.25) is 0 Å². The molecule has 0 fully saturated rings. The molecule has 1 amide bonds. The minimum absolute atomic E-state index is 0.0613. The van der Waals surface area contributed by atoms with Crippen LogP contribution in [0.25, 0.3) is 0 Å². The van der Waals surface area contributed by atoms with E-state index in [9.17, 15) is 9.59 Å². The number of benzene rings is 1. The summed E-state index contributed by atoms with van der Waals surface area (Å²) in [5.74, 6) is -0.734. The fourth-order valence-corrected chi connectivity index (χ4v) is 3.17. The minimum Gasteiger partial charge on any atom is -0.462 e. The van der Waals surface area contributed by atoms with Crippen LogP contribution in [0.2, 0.25) is 0 Å². The second kappa shape index (κ2) is 8.45. The molecule has 2 aromatic rings. The van der Waals surface area contributed by atoms with Crippen molar-refractivity contribution < 1.29 is 19.1 Å². The first-order valence-electron chi connectivity index (χ1n) is 7.26. The monoisotopic (exact) mass is 333 g/mol. The van der Waals surface area contributed by atoms with Gasteiger partial charge in [-0.15, -0.1) is 11.3 Å². The van der Waals surface area contributed by atoms with Crippen LogP contribution in [0.1, 0.15) is 27.7 Å². The number of thiophene rings is 1. The highest BCUT2D eigenvalue weighted by Gasteiger charge is 2.19. The number of ether oxygens (including phenoxy) is 2. The van der Waals surface area contributed by atoms with Crippen LogP contribution in [0.4, 0.5) is 5.00 Å². The molecule has 2 rings (SSSR count). The largest absolute Gasteiger partial charge is 0.462 e. The van der Waals surface area contributed by atoms with E-state index in [2.05, 4.69) is 5.32 Å². The molecule has 1 aromatic heterocycles. The molecule has 122 valence electrons. The lowest BCUT2D eigenvalue weighted by atomic mass is 10.1. The lowest BCUT2D eigenvalue weighted by molar-refractivity contribution is -0.119. The van der Waals surface area contributed by atoms with Gasteiger partial charge in [-0.2, -0.15) is 0 Å². The quantitative estimate of drug-likeness (QED) is 0.791. The molecule has 0 atom stereocenters. The van der Waals surface area contributed by atoms with Crippen molar-refractivity contribution >= 4 is 28.2 Å². The number of hydrogen-bond donors (Lipinski definition) is 1. The second-order valence-corrected chi connectivity index (χ2v) is 5.96. The molecule has 0 unspecified atom stereocenters. The SMILES string of the molecule is CCOC(=O)c1cc(Cc2ccccc2)sc1NC(=O)COC. The normalized spacial score (nSPS) is 10.3. The van der Waals surface area contributed by atoms with Crippen LogP contribution in [0.15, 0.2) is 36.4 Å². The number of amides is 1. The first kappa shape index (κ1) is 17.2. The van der Waals surface area contributed by atoms with Crippen LogP contribution in [-0.2, 0) is 20.7 Å². The number of nitrogens with one attached hydrogen (secondary N) is 1. The Bertz CT molecular complexity index is 666. The summed E-state index contributed by atoms with van der Waals surface area (Å²) in [5.41, 5.74) is 1.52. The van der Waals surface area contributed by atoms with Crippen LogP contribution < -0.4 is 5.32 Å². The third-order valence-electron chi connectivity index (χ3n) is 3.03. The molecule has 0 spiro atoms. The van der Waals surface area contributed by atoms with E-state index >= 15 is 0 Å². The average Bonchev–Trinajstić information content (AvgIpc) is 2.91. The summed E-state index contributed by atoms with van der Waals surface area (Å²) in [7, 11) is 1.45. The van der Waals surface area contributed by atoms with Gasteiger partial charge in [0, 0.05) is 18.4 Å². The molecule has 1 heterocycles. The second-order valence-electron chi connectivity index (χ2n) is 4.82. The van der Waals surface area contributed by atoms with Crippen molar-refractivity contribution in [2.24, 2.45) is 0 Å². The Kier molecular flexibility index (Phi) is 6.31. The summed E-state index contributed by atoms with van der Waals surface area (Å²) in [6.07, 6.45) is 0.693. The Labute approximate surface area is 139 Å². The molecule has 0 aliphatic carbocycles. The fourth-order valence-electron chi connectivity index (χ4n) is 2.07. The van der Waals surface area contributed by atoms with E-state index < -0.39 is 5.97 Å². The summed E-state index contributed by atoms with van der Waals surface area (Å²) in [6, 6.07) is 11.7. The smallest absolute Gasteiger partial charge is 0.341 e. The van der Waals surface area contributed by atoms with E-state index in [0.717, 1.165) is 10.4 Å². The standard InChI is InChI=1S/C17H19NO4S/c1-3-22-17(20)14-10-13(9-12-7-5-4-6-8-12)23-16(14)18-15(19)11-21-2/h4-8,10H,3,9,11H2,1-2H3,(H,18,19). The number of anilines is 1. The molecule has 0 saturated heterocycles. The Morgan fingerprint density at radius 2 is 1.96 bits per heavy atom. The maximum Gasteiger partial charge on any atom is 0.341 e. The maximum atomic E-state index is 12.1. The first-order valence-corrected chi connectivity index (χ1v) is 8.08. The predicted octanol–water partition coefficient (Wildman–Crippen LogP) is 3.10. The predicted molar refractivity (Wildman–Crippen MR) is 90.0 cm³/mol. The van der Waals surface area contributed by atoms with Crippen LogP contribution >= 0.6 is 11.3 Å². The number of carbonyl (C=O) groups excluding carboxylic acids is 2. The Morgan fingerprint density at radius 3 is 2.61 bits per heavy atom. The number of methoxy groups -OCH3 is 1. The number of esters is 1. The van der Waals surface area contributed by atoms with Crippen molar-refractivity contribution in [2.75, 3.05) is 25.6 Å². The molecule has 5 nitrogen and oxygen atoms in total. The van der Waals surface area contributed by atoms with Gasteiger partial charge in [-0.3, -0.25) is 4.79 Å². The molecule has 6 heteroatoms. The molecule has 1 N–H and O–H groups in total. The van der Waals surface area contributed by atoms with Crippen LogP contribution in [0.5, 0.6) is 0 Å². The van der Waals surface area contributed by atoms with E-state index in [1.807, 2.05) is 30.3 Å². The topological polar surface area (TPSA) is 64.6 Å². The third kappa shape index (κ3) is 4.91. The minimum atomic E-state index is -0.434. The van der Waals surface area contributed by atoms with Crippen LogP contribution in [-0.4, -0.2) is 32.2 Å². The van der Waals surface area contributed by atoms with Crippen molar-refractivity contribution in [3.05, 3.63) is 52.4 Å². The fraction of sp³-hybridized carbons (Fsp3) is 0.294. The molecule has 0 aliphatic rings. The van der Waals surface area contributed by atoms with Crippen molar-refractivity contribution in [3.63, 3.8) is 0 Å². The zero-order valence-corrected chi connectivity index (χ0v) is 13.9. The highest BCUT2D eigenvalue weighted by molar-refractivity contribution is 7.16. The van der Waals surface area contributed by atoms with E-state index in [1.54, 1.807) is 13.0 Å². The first-order chi connectivity index (χ1) is 11.1. The summed E-state index contributed by atoms with van der Waals surface area (Å²) in [5, 5.41) is 3.21. The molecule has 0 bridgehead atoms. The van der Waals surface area contributed by atoms with Gasteiger partial charge < -0.3 is 14.8 Å². The Morgan fingerprint density at radius 1 is 1.22 bits per heavy atom. The number of rotatable bonds is 7. The molecule has 0 aliphatic heterocycles. The van der Waals surface area contributed by atoms with Gasteiger partial charge in [0.1, 0.15) is 11.6 Å². The molecule has 23 heavy (non-hydrogen) atoms. The summed E-state index contributed by atoms with van der Waals surface area (Å²) >= 11 is 1.37. The maximum absolute atomic E-state index is 12.1. The highest BCUT2D eigenvalue weighted by atomic mass is 32.1. The summed E-state index contributed by atoms with van der Waals surface area (Å²) in [4.78, 5) is 24.8. The zero-order valence-electron chi connectivity index (χ0n) is 13.1. The van der Waals surface area contributed by atoms with Crippen molar-refractivity contribution in [1.82, 2.24) is 0 Å². The van der Waals surface area contributed by atoms with E-state index in [1.165, 1.54) is 18.4 Å². The average molecular weight is 333 g/mol. The molecular weight excluding hydrogens is 314 g/mol. The highest BCUT2D eigenvalue weighted by Crippen LogP contribution is 2.30. The summed E-state index contributed by atoms with van der Waals surface area (Å²) in [6.45, 7) is 1.97. The molecule has 1 aromatic carbocycles. The van der Waals surface area contributed by atoms with Crippen molar-refractivity contribution in [2.45, 2.75) is 13.3 Å². The summed E-state index contributed by atoms with van der Waals surface area (Å²) < 4.78 is 9.86. The molecular formula is C17H19NO4S. The van der Waals surface area contributed by atoms with Crippen molar-refractivity contribution in [1.29, 1.82) is 0 Å². The number of hydrogen-bond acceptors (Lipinski definition) is 5. The van der Waals surface area contributed by atoms with Gasteiger partial charge >= 0.3 is 5.97 Å². The van der Waals surface area contributed by atoms with Gasteiger partial charge in [-0.05, 0) is 18.6 Å².